The first-order chi connectivity index (χ1) is 11.2. The minimum atomic E-state index is -0.191. The Hall–Kier alpha value is -2.47. The van der Waals surface area contributed by atoms with Gasteiger partial charge in [-0.2, -0.15) is 0 Å². The van der Waals surface area contributed by atoms with Crippen LogP contribution in [-0.4, -0.2) is 42.2 Å². The van der Waals surface area contributed by atoms with Crippen LogP contribution in [0.1, 0.15) is 21.6 Å². The molecule has 1 aliphatic rings. The number of amides is 1. The first-order valence-electron chi connectivity index (χ1n) is 7.72. The highest BCUT2D eigenvalue weighted by Crippen LogP contribution is 2.10. The minimum absolute atomic E-state index is 0.191. The van der Waals surface area contributed by atoms with Crippen LogP contribution in [0.25, 0.3) is 0 Å². The number of carbonyl (C=O) groups is 1. The van der Waals surface area contributed by atoms with Crippen LogP contribution < -0.4 is 10.2 Å². The fraction of sp³-hybridized carbons (Fsp3) is 0.353. The number of benzene rings is 1. The van der Waals surface area contributed by atoms with Crippen LogP contribution in [0.2, 0.25) is 0 Å². The maximum Gasteiger partial charge on any atom is 0.270 e. The Morgan fingerprint density at radius 3 is 2.91 bits per heavy atom. The van der Waals surface area contributed by atoms with Gasteiger partial charge in [-0.25, -0.2) is 9.97 Å². The van der Waals surface area contributed by atoms with Gasteiger partial charge in [-0.05, 0) is 18.6 Å². The zero-order valence-electron chi connectivity index (χ0n) is 13.2. The van der Waals surface area contributed by atoms with Crippen molar-refractivity contribution >= 4 is 11.9 Å². The number of carbonyl (C=O) groups excluding carboxylic acids is 1. The maximum absolute atomic E-state index is 12.3. The van der Waals surface area contributed by atoms with Crippen LogP contribution in [0, 0.1) is 6.92 Å². The molecule has 2 aromatic rings. The number of anilines is 1. The smallest absolute Gasteiger partial charge is 0.270 e. The SMILES string of the molecule is Cc1cccc(CNC(=O)c2ccnc(N3CCOCC3)n2)c1. The van der Waals surface area contributed by atoms with E-state index in [1.54, 1.807) is 12.3 Å². The molecule has 1 aromatic heterocycles. The number of aryl methyl sites for hydroxylation is 1. The molecule has 1 saturated heterocycles. The van der Waals surface area contributed by atoms with E-state index in [2.05, 4.69) is 21.4 Å². The molecular formula is C17H20N4O2. The van der Waals surface area contributed by atoms with E-state index >= 15 is 0 Å². The van der Waals surface area contributed by atoms with Crippen molar-refractivity contribution in [3.63, 3.8) is 0 Å². The largest absolute Gasteiger partial charge is 0.378 e. The van der Waals surface area contributed by atoms with E-state index in [1.807, 2.05) is 30.0 Å². The number of hydrogen-bond donors (Lipinski definition) is 1. The number of morpholine rings is 1. The summed E-state index contributed by atoms with van der Waals surface area (Å²) in [5.74, 6) is 0.389. The van der Waals surface area contributed by atoms with Crippen molar-refractivity contribution in [3.8, 4) is 0 Å². The number of rotatable bonds is 4. The number of hydrogen-bond acceptors (Lipinski definition) is 5. The predicted molar refractivity (Wildman–Crippen MR) is 87.4 cm³/mol. The third-order valence-corrected chi connectivity index (χ3v) is 3.70. The van der Waals surface area contributed by atoms with Crippen LogP contribution in [0.3, 0.4) is 0 Å². The van der Waals surface area contributed by atoms with Crippen molar-refractivity contribution in [2.24, 2.45) is 0 Å². The van der Waals surface area contributed by atoms with E-state index in [9.17, 15) is 4.79 Å². The average molecular weight is 312 g/mol. The van der Waals surface area contributed by atoms with Crippen molar-refractivity contribution in [3.05, 3.63) is 53.3 Å². The molecule has 1 aromatic carbocycles. The normalized spacial score (nSPS) is 14.6. The molecule has 120 valence electrons. The molecule has 1 aliphatic heterocycles. The molecular weight excluding hydrogens is 292 g/mol. The van der Waals surface area contributed by atoms with E-state index in [1.165, 1.54) is 5.56 Å². The van der Waals surface area contributed by atoms with E-state index < -0.39 is 0 Å². The van der Waals surface area contributed by atoms with Crippen molar-refractivity contribution < 1.29 is 9.53 Å². The van der Waals surface area contributed by atoms with Gasteiger partial charge in [0.15, 0.2) is 0 Å². The van der Waals surface area contributed by atoms with Crippen LogP contribution >= 0.6 is 0 Å². The van der Waals surface area contributed by atoms with Gasteiger partial charge in [0.1, 0.15) is 5.69 Å². The third kappa shape index (κ3) is 4.04. The Morgan fingerprint density at radius 2 is 2.13 bits per heavy atom. The Bertz CT molecular complexity index is 684. The Balaban J connectivity index is 1.65. The molecule has 1 fully saturated rings. The topological polar surface area (TPSA) is 67.4 Å². The van der Waals surface area contributed by atoms with Gasteiger partial charge in [-0.1, -0.05) is 29.8 Å². The molecule has 0 spiro atoms. The molecule has 0 radical (unpaired) electrons. The second kappa shape index (κ2) is 7.19. The summed E-state index contributed by atoms with van der Waals surface area (Å²) in [7, 11) is 0. The molecule has 0 atom stereocenters. The summed E-state index contributed by atoms with van der Waals surface area (Å²) >= 11 is 0. The number of ether oxygens (including phenoxy) is 1. The molecule has 0 saturated carbocycles. The van der Waals surface area contributed by atoms with Crippen LogP contribution in [0.4, 0.5) is 5.95 Å². The van der Waals surface area contributed by atoms with Gasteiger partial charge in [0.2, 0.25) is 5.95 Å². The molecule has 0 aliphatic carbocycles. The van der Waals surface area contributed by atoms with Crippen molar-refractivity contribution in [1.82, 2.24) is 15.3 Å². The van der Waals surface area contributed by atoms with Crippen molar-refractivity contribution in [2.45, 2.75) is 13.5 Å². The fourth-order valence-corrected chi connectivity index (χ4v) is 2.49. The zero-order valence-corrected chi connectivity index (χ0v) is 13.2. The third-order valence-electron chi connectivity index (χ3n) is 3.70. The molecule has 6 heteroatoms. The summed E-state index contributed by atoms with van der Waals surface area (Å²) < 4.78 is 5.32. The lowest BCUT2D eigenvalue weighted by atomic mass is 10.1. The first kappa shape index (κ1) is 15.4. The highest BCUT2D eigenvalue weighted by atomic mass is 16.5. The standard InChI is InChI=1S/C17H20N4O2/c1-13-3-2-4-14(11-13)12-19-16(22)15-5-6-18-17(20-15)21-7-9-23-10-8-21/h2-6,11H,7-10,12H2,1H3,(H,19,22). The van der Waals surface area contributed by atoms with Gasteiger partial charge in [0.25, 0.3) is 5.91 Å². The van der Waals surface area contributed by atoms with E-state index in [0.29, 0.717) is 31.4 Å². The Morgan fingerprint density at radius 1 is 1.30 bits per heavy atom. The summed E-state index contributed by atoms with van der Waals surface area (Å²) in [6, 6.07) is 9.70. The second-order valence-electron chi connectivity index (χ2n) is 5.51. The lowest BCUT2D eigenvalue weighted by molar-refractivity contribution is 0.0945. The molecule has 23 heavy (non-hydrogen) atoms. The molecule has 1 N–H and O–H groups in total. The maximum atomic E-state index is 12.3. The van der Waals surface area contributed by atoms with Crippen LogP contribution in [-0.2, 0) is 11.3 Å². The van der Waals surface area contributed by atoms with Gasteiger partial charge in [-0.3, -0.25) is 4.79 Å². The Kier molecular flexibility index (Phi) is 4.83. The molecule has 2 heterocycles. The van der Waals surface area contributed by atoms with Gasteiger partial charge in [-0.15, -0.1) is 0 Å². The van der Waals surface area contributed by atoms with Crippen LogP contribution in [0.5, 0.6) is 0 Å². The summed E-state index contributed by atoms with van der Waals surface area (Å²) in [4.78, 5) is 22.9. The van der Waals surface area contributed by atoms with Crippen molar-refractivity contribution in [2.75, 3.05) is 31.2 Å². The Labute approximate surface area is 135 Å². The number of nitrogens with one attached hydrogen (secondary N) is 1. The van der Waals surface area contributed by atoms with E-state index in [4.69, 9.17) is 4.74 Å². The molecule has 6 nitrogen and oxygen atoms in total. The first-order valence-corrected chi connectivity index (χ1v) is 7.72. The average Bonchev–Trinajstić information content (AvgIpc) is 2.61. The second-order valence-corrected chi connectivity index (χ2v) is 5.51. The summed E-state index contributed by atoms with van der Waals surface area (Å²) in [5, 5.41) is 2.90. The van der Waals surface area contributed by atoms with Gasteiger partial charge in [0, 0.05) is 25.8 Å². The van der Waals surface area contributed by atoms with Crippen molar-refractivity contribution in [1.29, 1.82) is 0 Å². The van der Waals surface area contributed by atoms with Gasteiger partial charge >= 0.3 is 0 Å². The predicted octanol–water partition coefficient (Wildman–Crippen LogP) is 1.55. The van der Waals surface area contributed by atoms with Crippen LogP contribution in [0.15, 0.2) is 36.5 Å². The monoisotopic (exact) mass is 312 g/mol. The molecule has 3 rings (SSSR count). The summed E-state index contributed by atoms with van der Waals surface area (Å²) in [6.07, 6.45) is 1.62. The minimum Gasteiger partial charge on any atom is -0.378 e. The lowest BCUT2D eigenvalue weighted by Crippen LogP contribution is -2.37. The van der Waals surface area contributed by atoms with Gasteiger partial charge < -0.3 is 15.0 Å². The molecule has 0 unspecified atom stereocenters. The zero-order chi connectivity index (χ0) is 16.1. The highest BCUT2D eigenvalue weighted by molar-refractivity contribution is 5.92. The highest BCUT2D eigenvalue weighted by Gasteiger charge is 2.16. The van der Waals surface area contributed by atoms with Gasteiger partial charge in [0.05, 0.1) is 13.2 Å². The fourth-order valence-electron chi connectivity index (χ4n) is 2.49. The lowest BCUT2D eigenvalue weighted by Gasteiger charge is -2.26. The number of aromatic nitrogens is 2. The molecule has 1 amide bonds. The summed E-state index contributed by atoms with van der Waals surface area (Å²) in [6.45, 7) is 5.32. The van der Waals surface area contributed by atoms with E-state index in [0.717, 1.165) is 18.7 Å². The summed E-state index contributed by atoms with van der Waals surface area (Å²) in [5.41, 5.74) is 2.63. The molecule has 0 bridgehead atoms. The quantitative estimate of drug-likeness (QED) is 0.928. The van der Waals surface area contributed by atoms with E-state index in [-0.39, 0.29) is 5.91 Å². The number of nitrogens with zero attached hydrogens (tertiary/aromatic N) is 3.